The van der Waals surface area contributed by atoms with Crippen LogP contribution in [0.15, 0.2) is 23.8 Å². The third-order valence-corrected chi connectivity index (χ3v) is 8.31. The van der Waals surface area contributed by atoms with Crippen molar-refractivity contribution >= 4 is 17.4 Å². The van der Waals surface area contributed by atoms with E-state index in [4.69, 9.17) is 11.6 Å². The van der Waals surface area contributed by atoms with E-state index in [2.05, 4.69) is 20.4 Å². The maximum absolute atomic E-state index is 13.2. The van der Waals surface area contributed by atoms with E-state index in [-0.39, 0.29) is 16.2 Å². The lowest BCUT2D eigenvalue weighted by atomic mass is 9.45. The Hall–Kier alpha value is -0.560. The van der Waals surface area contributed by atoms with Crippen molar-refractivity contribution in [2.45, 2.75) is 58.8 Å². The molecule has 0 radical (unpaired) electrons. The molecule has 0 aliphatic heterocycles. The van der Waals surface area contributed by atoms with E-state index in [0.717, 1.165) is 19.3 Å². The summed E-state index contributed by atoms with van der Waals surface area (Å²) in [6.45, 7) is 9.00. The molecule has 0 aromatic heterocycles. The lowest BCUT2D eigenvalue weighted by Gasteiger charge is -2.59. The van der Waals surface area contributed by atoms with E-state index in [1.165, 1.54) is 36.8 Å². The summed E-state index contributed by atoms with van der Waals surface area (Å²) in [5, 5.41) is 0. The van der Waals surface area contributed by atoms with Gasteiger partial charge >= 0.3 is 0 Å². The molecule has 4 aliphatic carbocycles. The van der Waals surface area contributed by atoms with E-state index < -0.39 is 0 Å². The van der Waals surface area contributed by atoms with Gasteiger partial charge in [0.25, 0.3) is 0 Å². The number of hydrogen-bond acceptors (Lipinski definition) is 1. The van der Waals surface area contributed by atoms with Gasteiger partial charge in [-0.15, -0.1) is 11.6 Å². The minimum absolute atomic E-state index is 0.0122. The Bertz CT molecular complexity index is 591. The number of fused-ring (bicyclic) bond motifs is 3. The number of alkyl halides is 1. The van der Waals surface area contributed by atoms with Crippen LogP contribution in [0.1, 0.15) is 58.8 Å². The highest BCUT2D eigenvalue weighted by Gasteiger charge is 2.64. The highest BCUT2D eigenvalue weighted by Crippen LogP contribution is 2.69. The van der Waals surface area contributed by atoms with Gasteiger partial charge in [0.1, 0.15) is 0 Å². The average Bonchev–Trinajstić information content (AvgIpc) is 2.73. The highest BCUT2D eigenvalue weighted by molar-refractivity contribution is 6.18. The molecule has 2 heteroatoms. The molecule has 0 aromatic carbocycles. The quantitative estimate of drug-likeness (QED) is 0.474. The predicted molar refractivity (Wildman–Crippen MR) is 90.9 cm³/mol. The Balaban J connectivity index is 1.88. The van der Waals surface area contributed by atoms with Crippen molar-refractivity contribution in [3.05, 3.63) is 23.8 Å². The van der Waals surface area contributed by atoms with Crippen molar-refractivity contribution in [2.24, 2.45) is 28.1 Å². The number of ketones is 1. The number of hydrogen-bond donors (Lipinski definition) is 0. The van der Waals surface area contributed by atoms with Crippen molar-refractivity contribution in [2.75, 3.05) is 5.88 Å². The molecule has 0 heterocycles. The smallest absolute Gasteiger partial charge is 0.162 e. The zero-order valence-electron chi connectivity index (χ0n) is 13.9. The SMILES string of the molecule is C=C1C[C@]23C[C@H]1CC[C@H]2[C@]1(C)CCC[C@@](C)(CCl)C1=CC3=O. The average molecular weight is 319 g/mol. The molecule has 2 bridgehead atoms. The van der Waals surface area contributed by atoms with E-state index >= 15 is 0 Å². The first-order chi connectivity index (χ1) is 10.4. The summed E-state index contributed by atoms with van der Waals surface area (Å²) < 4.78 is 0. The number of carbonyl (C=O) groups excluding carboxylic acids is 1. The molecule has 0 N–H and O–H groups in total. The first-order valence-electron chi connectivity index (χ1n) is 8.86. The van der Waals surface area contributed by atoms with Gasteiger partial charge in [-0.25, -0.2) is 0 Å². The van der Waals surface area contributed by atoms with Crippen molar-refractivity contribution in [1.82, 2.24) is 0 Å². The molecular weight excluding hydrogens is 292 g/mol. The normalized spacial score (nSPS) is 50.4. The molecule has 4 aliphatic rings. The van der Waals surface area contributed by atoms with Crippen LogP contribution in [-0.2, 0) is 4.79 Å². The number of carbonyl (C=O) groups is 1. The Labute approximate surface area is 139 Å². The molecule has 3 saturated carbocycles. The molecule has 0 unspecified atom stereocenters. The van der Waals surface area contributed by atoms with Crippen molar-refractivity contribution in [3.63, 3.8) is 0 Å². The van der Waals surface area contributed by atoms with Crippen molar-refractivity contribution < 1.29 is 4.79 Å². The highest BCUT2D eigenvalue weighted by atomic mass is 35.5. The zero-order valence-corrected chi connectivity index (χ0v) is 14.6. The number of halogens is 1. The fraction of sp³-hybridized carbons (Fsp3) is 0.750. The molecule has 120 valence electrons. The van der Waals surface area contributed by atoms with E-state index in [9.17, 15) is 4.79 Å². The summed E-state index contributed by atoms with van der Waals surface area (Å²) in [5.74, 6) is 2.13. The summed E-state index contributed by atoms with van der Waals surface area (Å²) in [5.41, 5.74) is 2.78. The Morgan fingerprint density at radius 2 is 2.09 bits per heavy atom. The van der Waals surface area contributed by atoms with Crippen molar-refractivity contribution in [3.8, 4) is 0 Å². The van der Waals surface area contributed by atoms with Crippen LogP contribution in [0.4, 0.5) is 0 Å². The van der Waals surface area contributed by atoms with Gasteiger partial charge in [0.15, 0.2) is 5.78 Å². The summed E-state index contributed by atoms with van der Waals surface area (Å²) in [7, 11) is 0. The second kappa shape index (κ2) is 4.50. The minimum atomic E-state index is -0.122. The van der Waals surface area contributed by atoms with Gasteiger partial charge in [0.2, 0.25) is 0 Å². The lowest BCUT2D eigenvalue weighted by molar-refractivity contribution is -0.135. The van der Waals surface area contributed by atoms with Crippen LogP contribution in [0, 0.1) is 28.1 Å². The van der Waals surface area contributed by atoms with Crippen LogP contribution in [0.25, 0.3) is 0 Å². The monoisotopic (exact) mass is 318 g/mol. The molecule has 0 amide bonds. The molecule has 5 atom stereocenters. The third kappa shape index (κ3) is 1.64. The summed E-state index contributed by atoms with van der Waals surface area (Å²) in [4.78, 5) is 13.2. The predicted octanol–water partition coefficient (Wildman–Crippen LogP) is 5.29. The topological polar surface area (TPSA) is 17.1 Å². The second-order valence-corrected chi connectivity index (χ2v) is 9.18. The van der Waals surface area contributed by atoms with Gasteiger partial charge in [-0.1, -0.05) is 38.0 Å². The summed E-state index contributed by atoms with van der Waals surface area (Å²) >= 11 is 6.36. The third-order valence-electron chi connectivity index (χ3n) is 7.72. The Morgan fingerprint density at radius 3 is 2.82 bits per heavy atom. The van der Waals surface area contributed by atoms with Crippen LogP contribution in [0.3, 0.4) is 0 Å². The van der Waals surface area contributed by atoms with Crippen LogP contribution in [0.2, 0.25) is 0 Å². The van der Waals surface area contributed by atoms with E-state index in [0.29, 0.717) is 23.5 Å². The molecule has 3 fully saturated rings. The van der Waals surface area contributed by atoms with Crippen LogP contribution >= 0.6 is 11.6 Å². The largest absolute Gasteiger partial charge is 0.294 e. The molecule has 0 aromatic rings. The van der Waals surface area contributed by atoms with Gasteiger partial charge < -0.3 is 0 Å². The number of allylic oxidation sites excluding steroid dienone is 3. The van der Waals surface area contributed by atoms with Gasteiger partial charge in [0.05, 0.1) is 0 Å². The molecule has 22 heavy (non-hydrogen) atoms. The molecule has 0 saturated heterocycles. The fourth-order valence-electron chi connectivity index (χ4n) is 6.63. The standard InChI is InChI=1S/C20H27ClO/c1-13-10-20-11-14(13)5-6-15(20)19(3)8-4-7-18(2,12-21)16(19)9-17(20)22/h9,14-15H,1,4-8,10-12H2,2-3H3/t14-,15+,18+,19+,20+/m1/s1. The maximum atomic E-state index is 13.2. The molecule has 4 rings (SSSR count). The summed E-state index contributed by atoms with van der Waals surface area (Å²) in [6, 6.07) is 0. The van der Waals surface area contributed by atoms with Gasteiger partial charge in [-0.3, -0.25) is 4.79 Å². The second-order valence-electron chi connectivity index (χ2n) is 8.91. The zero-order chi connectivity index (χ0) is 15.8. The molecular formula is C20H27ClO. The Morgan fingerprint density at radius 1 is 1.32 bits per heavy atom. The first-order valence-corrected chi connectivity index (χ1v) is 9.40. The van der Waals surface area contributed by atoms with Crippen LogP contribution in [-0.4, -0.2) is 11.7 Å². The number of rotatable bonds is 1. The van der Waals surface area contributed by atoms with Crippen LogP contribution < -0.4 is 0 Å². The Kier molecular flexibility index (Phi) is 3.07. The van der Waals surface area contributed by atoms with Gasteiger partial charge in [-0.2, -0.15) is 0 Å². The lowest BCUT2D eigenvalue weighted by Crippen LogP contribution is -2.54. The van der Waals surface area contributed by atoms with Crippen molar-refractivity contribution in [1.29, 1.82) is 0 Å². The van der Waals surface area contributed by atoms with E-state index in [1.807, 2.05) is 6.08 Å². The first kappa shape index (κ1) is 15.0. The van der Waals surface area contributed by atoms with E-state index in [1.54, 1.807) is 0 Å². The van der Waals surface area contributed by atoms with Gasteiger partial charge in [0, 0.05) is 16.7 Å². The van der Waals surface area contributed by atoms with Crippen LogP contribution in [0.5, 0.6) is 0 Å². The van der Waals surface area contributed by atoms with Gasteiger partial charge in [-0.05, 0) is 61.9 Å². The minimum Gasteiger partial charge on any atom is -0.294 e. The molecule has 1 spiro atoms. The molecule has 1 nitrogen and oxygen atoms in total. The maximum Gasteiger partial charge on any atom is 0.162 e. The fourth-order valence-corrected chi connectivity index (χ4v) is 6.91. The summed E-state index contributed by atoms with van der Waals surface area (Å²) in [6.07, 6.45) is 10.1.